The quantitative estimate of drug-likeness (QED) is 0.778. The molecule has 16 heavy (non-hydrogen) atoms. The van der Waals surface area contributed by atoms with Gasteiger partial charge in [-0.25, -0.2) is 0 Å². The Kier molecular flexibility index (Phi) is 3.87. The van der Waals surface area contributed by atoms with Gasteiger partial charge in [0.15, 0.2) is 0 Å². The standard InChI is InChI=1S/C14H19NS/c1-10(15-11(2)16)12-6-8-13(9-7-12)14(3,4)5/h6-9H,1H2,2-5H3,(H,15,16). The summed E-state index contributed by atoms with van der Waals surface area (Å²) in [6.45, 7) is 12.4. The van der Waals surface area contributed by atoms with E-state index in [1.165, 1.54) is 5.56 Å². The van der Waals surface area contributed by atoms with Crippen LogP contribution in [0.1, 0.15) is 38.8 Å². The summed E-state index contributed by atoms with van der Waals surface area (Å²) in [4.78, 5) is 0.741. The fourth-order valence-corrected chi connectivity index (χ4v) is 1.58. The molecule has 1 rings (SSSR count). The zero-order chi connectivity index (χ0) is 12.3. The van der Waals surface area contributed by atoms with Crippen molar-refractivity contribution in [2.75, 3.05) is 0 Å². The van der Waals surface area contributed by atoms with Crippen molar-refractivity contribution in [2.45, 2.75) is 33.1 Å². The lowest BCUT2D eigenvalue weighted by molar-refractivity contribution is 0.590. The van der Waals surface area contributed by atoms with Gasteiger partial charge in [0.2, 0.25) is 0 Å². The SMILES string of the molecule is C=C(NC(C)=S)c1ccc(C(C)(C)C)cc1. The van der Waals surface area contributed by atoms with Crippen LogP contribution in [0.15, 0.2) is 30.8 Å². The summed E-state index contributed by atoms with van der Waals surface area (Å²) in [7, 11) is 0. The van der Waals surface area contributed by atoms with Crippen molar-refractivity contribution < 1.29 is 0 Å². The van der Waals surface area contributed by atoms with E-state index in [0.29, 0.717) is 0 Å². The van der Waals surface area contributed by atoms with Crippen LogP contribution in [0.2, 0.25) is 0 Å². The summed E-state index contributed by atoms with van der Waals surface area (Å²) in [6.07, 6.45) is 0. The lowest BCUT2D eigenvalue weighted by Crippen LogP contribution is -2.16. The number of hydrogen-bond donors (Lipinski definition) is 1. The highest BCUT2D eigenvalue weighted by molar-refractivity contribution is 7.80. The van der Waals surface area contributed by atoms with Gasteiger partial charge in [0.05, 0.1) is 4.99 Å². The first kappa shape index (κ1) is 12.9. The fraction of sp³-hybridized carbons (Fsp3) is 0.357. The first-order valence-electron chi connectivity index (χ1n) is 5.38. The molecule has 1 N–H and O–H groups in total. The summed E-state index contributed by atoms with van der Waals surface area (Å²) in [5.41, 5.74) is 3.45. The van der Waals surface area contributed by atoms with Gasteiger partial charge in [0, 0.05) is 5.70 Å². The minimum atomic E-state index is 0.188. The fourth-order valence-electron chi connectivity index (χ4n) is 1.46. The van der Waals surface area contributed by atoms with E-state index in [1.54, 1.807) is 0 Å². The number of nitrogens with one attached hydrogen (secondary N) is 1. The molecule has 2 heteroatoms. The molecule has 0 unspecified atom stereocenters. The van der Waals surface area contributed by atoms with Crippen LogP contribution in [0.3, 0.4) is 0 Å². The Bertz CT molecular complexity index is 396. The summed E-state index contributed by atoms with van der Waals surface area (Å²) >= 11 is 4.98. The molecule has 0 radical (unpaired) electrons. The van der Waals surface area contributed by atoms with Crippen molar-refractivity contribution >= 4 is 22.9 Å². The van der Waals surface area contributed by atoms with Gasteiger partial charge in [-0.15, -0.1) is 0 Å². The smallest absolute Gasteiger partial charge is 0.0765 e. The Morgan fingerprint density at radius 1 is 1.19 bits per heavy atom. The van der Waals surface area contributed by atoms with E-state index in [-0.39, 0.29) is 5.41 Å². The molecule has 1 aromatic carbocycles. The molecular formula is C14H19NS. The summed E-state index contributed by atoms with van der Waals surface area (Å²) in [6, 6.07) is 8.43. The van der Waals surface area contributed by atoms with E-state index < -0.39 is 0 Å². The highest BCUT2D eigenvalue weighted by Gasteiger charge is 2.13. The van der Waals surface area contributed by atoms with E-state index in [0.717, 1.165) is 16.2 Å². The van der Waals surface area contributed by atoms with Crippen molar-refractivity contribution in [3.8, 4) is 0 Å². The Balaban J connectivity index is 2.87. The van der Waals surface area contributed by atoms with E-state index in [4.69, 9.17) is 12.2 Å². The largest absolute Gasteiger partial charge is 0.350 e. The molecule has 0 heterocycles. The van der Waals surface area contributed by atoms with Gasteiger partial charge in [-0.3, -0.25) is 0 Å². The first-order chi connectivity index (χ1) is 7.30. The van der Waals surface area contributed by atoms with Crippen LogP contribution in [-0.2, 0) is 5.41 Å². The van der Waals surface area contributed by atoms with Gasteiger partial charge < -0.3 is 5.32 Å². The van der Waals surface area contributed by atoms with Crippen LogP contribution in [0.5, 0.6) is 0 Å². The minimum absolute atomic E-state index is 0.188. The molecule has 0 amide bonds. The molecule has 0 aliphatic heterocycles. The third-order valence-corrected chi connectivity index (χ3v) is 2.53. The molecule has 0 aliphatic rings. The molecule has 0 spiro atoms. The van der Waals surface area contributed by atoms with Gasteiger partial charge in [0.25, 0.3) is 0 Å². The minimum Gasteiger partial charge on any atom is -0.350 e. The molecule has 0 atom stereocenters. The number of hydrogen-bond acceptors (Lipinski definition) is 1. The van der Waals surface area contributed by atoms with Crippen molar-refractivity contribution in [3.63, 3.8) is 0 Å². The van der Waals surface area contributed by atoms with Crippen LogP contribution in [0.25, 0.3) is 5.70 Å². The lowest BCUT2D eigenvalue weighted by Gasteiger charge is -2.19. The second-order valence-electron chi connectivity index (χ2n) is 4.99. The second kappa shape index (κ2) is 4.79. The van der Waals surface area contributed by atoms with Crippen molar-refractivity contribution in [3.05, 3.63) is 42.0 Å². The predicted molar refractivity (Wildman–Crippen MR) is 75.6 cm³/mol. The van der Waals surface area contributed by atoms with E-state index in [2.05, 4.69) is 56.9 Å². The van der Waals surface area contributed by atoms with Crippen LogP contribution in [0, 0.1) is 0 Å². The monoisotopic (exact) mass is 233 g/mol. The number of rotatable bonds is 2. The summed E-state index contributed by atoms with van der Waals surface area (Å²) < 4.78 is 0. The highest BCUT2D eigenvalue weighted by Crippen LogP contribution is 2.23. The van der Waals surface area contributed by atoms with Crippen LogP contribution in [-0.4, -0.2) is 4.99 Å². The number of benzene rings is 1. The van der Waals surface area contributed by atoms with Crippen LogP contribution < -0.4 is 5.32 Å². The summed E-state index contributed by atoms with van der Waals surface area (Å²) in [5.74, 6) is 0. The maximum Gasteiger partial charge on any atom is 0.0765 e. The van der Waals surface area contributed by atoms with E-state index in [1.807, 2.05) is 6.92 Å². The summed E-state index contributed by atoms with van der Waals surface area (Å²) in [5, 5.41) is 3.05. The number of thiocarbonyl (C=S) groups is 1. The average molecular weight is 233 g/mol. The molecule has 0 fully saturated rings. The molecule has 0 aromatic heterocycles. The van der Waals surface area contributed by atoms with Gasteiger partial charge in [0.1, 0.15) is 0 Å². The molecule has 0 bridgehead atoms. The molecular weight excluding hydrogens is 214 g/mol. The van der Waals surface area contributed by atoms with Crippen molar-refractivity contribution in [1.29, 1.82) is 0 Å². The topological polar surface area (TPSA) is 12.0 Å². The van der Waals surface area contributed by atoms with Gasteiger partial charge in [-0.05, 0) is 23.5 Å². The Labute approximate surface area is 104 Å². The van der Waals surface area contributed by atoms with Gasteiger partial charge in [-0.1, -0.05) is 63.8 Å². The Morgan fingerprint density at radius 3 is 2.06 bits per heavy atom. The van der Waals surface area contributed by atoms with Gasteiger partial charge in [-0.2, -0.15) is 0 Å². The first-order valence-corrected chi connectivity index (χ1v) is 5.79. The maximum absolute atomic E-state index is 4.98. The van der Waals surface area contributed by atoms with Crippen LogP contribution >= 0.6 is 12.2 Å². The lowest BCUT2D eigenvalue weighted by atomic mass is 9.86. The normalized spacial score (nSPS) is 11.0. The second-order valence-corrected chi connectivity index (χ2v) is 5.60. The molecule has 0 saturated heterocycles. The molecule has 1 aromatic rings. The zero-order valence-electron chi connectivity index (χ0n) is 10.4. The maximum atomic E-state index is 4.98. The van der Waals surface area contributed by atoms with Crippen molar-refractivity contribution in [2.24, 2.45) is 0 Å². The third-order valence-electron chi connectivity index (χ3n) is 2.43. The van der Waals surface area contributed by atoms with E-state index in [9.17, 15) is 0 Å². The Hall–Kier alpha value is -1.15. The predicted octanol–water partition coefficient (Wildman–Crippen LogP) is 3.89. The van der Waals surface area contributed by atoms with Crippen molar-refractivity contribution in [1.82, 2.24) is 5.32 Å². The van der Waals surface area contributed by atoms with Gasteiger partial charge >= 0.3 is 0 Å². The molecule has 0 saturated carbocycles. The highest BCUT2D eigenvalue weighted by atomic mass is 32.1. The van der Waals surface area contributed by atoms with Crippen LogP contribution in [0.4, 0.5) is 0 Å². The third kappa shape index (κ3) is 3.46. The average Bonchev–Trinajstić information content (AvgIpc) is 2.15. The molecule has 0 aliphatic carbocycles. The Morgan fingerprint density at radius 2 is 1.69 bits per heavy atom. The van der Waals surface area contributed by atoms with E-state index >= 15 is 0 Å². The zero-order valence-corrected chi connectivity index (χ0v) is 11.2. The molecule has 86 valence electrons. The molecule has 1 nitrogen and oxygen atoms in total.